The Morgan fingerprint density at radius 2 is 2.00 bits per heavy atom. The lowest BCUT2D eigenvalue weighted by atomic mass is 10.0. The minimum atomic E-state index is -3.28. The fourth-order valence-corrected chi connectivity index (χ4v) is 3.32. The molecular weight excluding hydrogens is 254 g/mol. The van der Waals surface area contributed by atoms with Gasteiger partial charge in [0.25, 0.3) is 0 Å². The highest BCUT2D eigenvalue weighted by molar-refractivity contribution is 7.88. The van der Waals surface area contributed by atoms with Gasteiger partial charge in [0.15, 0.2) is 0 Å². The summed E-state index contributed by atoms with van der Waals surface area (Å²) in [5.74, 6) is -0.0691. The molecule has 106 valence electrons. The SMILES string of the molecule is CC(C)(CNC(=O)C1CCC(N)C1)NS(C)(=O)=O. The van der Waals surface area contributed by atoms with Crippen LogP contribution >= 0.6 is 0 Å². The zero-order valence-electron chi connectivity index (χ0n) is 11.2. The molecular formula is C11H23N3O3S. The Morgan fingerprint density at radius 3 is 2.44 bits per heavy atom. The van der Waals surface area contributed by atoms with E-state index < -0.39 is 15.6 Å². The van der Waals surface area contributed by atoms with E-state index in [2.05, 4.69) is 10.0 Å². The van der Waals surface area contributed by atoms with Crippen molar-refractivity contribution in [1.29, 1.82) is 0 Å². The minimum Gasteiger partial charge on any atom is -0.354 e. The van der Waals surface area contributed by atoms with Crippen molar-refractivity contribution in [3.63, 3.8) is 0 Å². The van der Waals surface area contributed by atoms with Crippen LogP contribution in [0.5, 0.6) is 0 Å². The Morgan fingerprint density at radius 1 is 1.39 bits per heavy atom. The summed E-state index contributed by atoms with van der Waals surface area (Å²) in [6, 6.07) is 0.114. The van der Waals surface area contributed by atoms with Gasteiger partial charge in [-0.15, -0.1) is 0 Å². The number of carbonyl (C=O) groups excluding carboxylic acids is 1. The molecule has 0 heterocycles. The van der Waals surface area contributed by atoms with E-state index in [4.69, 9.17) is 5.73 Å². The van der Waals surface area contributed by atoms with Crippen LogP contribution in [-0.4, -0.2) is 38.7 Å². The Balaban J connectivity index is 2.42. The lowest BCUT2D eigenvalue weighted by Crippen LogP contribution is -2.51. The van der Waals surface area contributed by atoms with Gasteiger partial charge in [-0.25, -0.2) is 13.1 Å². The topological polar surface area (TPSA) is 101 Å². The predicted octanol–water partition coefficient (Wildman–Crippen LogP) is -0.442. The molecule has 0 radical (unpaired) electrons. The zero-order valence-corrected chi connectivity index (χ0v) is 12.0. The second-order valence-electron chi connectivity index (χ2n) is 5.75. The number of nitrogens with two attached hydrogens (primary N) is 1. The van der Waals surface area contributed by atoms with E-state index in [0.29, 0.717) is 6.42 Å². The first-order valence-electron chi connectivity index (χ1n) is 6.11. The van der Waals surface area contributed by atoms with Gasteiger partial charge in [-0.05, 0) is 33.1 Å². The third-order valence-corrected chi connectivity index (χ3v) is 3.93. The van der Waals surface area contributed by atoms with Crippen LogP contribution in [0.25, 0.3) is 0 Å². The van der Waals surface area contributed by atoms with Crippen molar-refractivity contribution < 1.29 is 13.2 Å². The number of amides is 1. The summed E-state index contributed by atoms with van der Waals surface area (Å²) >= 11 is 0. The van der Waals surface area contributed by atoms with Gasteiger partial charge in [-0.1, -0.05) is 0 Å². The third kappa shape index (κ3) is 5.32. The zero-order chi connectivity index (χ0) is 14.0. The molecule has 2 unspecified atom stereocenters. The molecule has 18 heavy (non-hydrogen) atoms. The number of nitrogens with one attached hydrogen (secondary N) is 2. The molecule has 4 N–H and O–H groups in total. The first-order valence-corrected chi connectivity index (χ1v) is 8.00. The maximum absolute atomic E-state index is 11.9. The molecule has 7 heteroatoms. The average molecular weight is 277 g/mol. The van der Waals surface area contributed by atoms with Crippen LogP contribution in [0.3, 0.4) is 0 Å². The van der Waals surface area contributed by atoms with Crippen molar-refractivity contribution in [1.82, 2.24) is 10.0 Å². The number of sulfonamides is 1. The molecule has 1 fully saturated rings. The van der Waals surface area contributed by atoms with Crippen LogP contribution in [0.1, 0.15) is 33.1 Å². The van der Waals surface area contributed by atoms with E-state index in [1.807, 2.05) is 0 Å². The van der Waals surface area contributed by atoms with E-state index in [1.165, 1.54) is 0 Å². The van der Waals surface area contributed by atoms with Crippen molar-refractivity contribution >= 4 is 15.9 Å². The van der Waals surface area contributed by atoms with Crippen LogP contribution in [0.2, 0.25) is 0 Å². The normalized spacial score (nSPS) is 25.1. The van der Waals surface area contributed by atoms with Crippen LogP contribution in [-0.2, 0) is 14.8 Å². The Labute approximate surface area is 109 Å². The van der Waals surface area contributed by atoms with Gasteiger partial charge in [0, 0.05) is 24.0 Å². The number of hydrogen-bond acceptors (Lipinski definition) is 4. The summed E-state index contributed by atoms with van der Waals surface area (Å²) < 4.78 is 24.8. The minimum absolute atomic E-state index is 0.0333. The van der Waals surface area contributed by atoms with Gasteiger partial charge in [0.05, 0.1) is 6.26 Å². The molecule has 0 aliphatic heterocycles. The summed E-state index contributed by atoms with van der Waals surface area (Å²) in [6.07, 6.45) is 3.51. The van der Waals surface area contributed by atoms with E-state index in [9.17, 15) is 13.2 Å². The summed E-state index contributed by atoms with van der Waals surface area (Å²) in [5.41, 5.74) is 5.07. The molecule has 0 aromatic carbocycles. The molecule has 0 saturated heterocycles. The molecule has 0 spiro atoms. The van der Waals surface area contributed by atoms with E-state index in [0.717, 1.165) is 19.1 Å². The molecule has 1 rings (SSSR count). The largest absolute Gasteiger partial charge is 0.354 e. The molecule has 1 amide bonds. The average Bonchev–Trinajstić information content (AvgIpc) is 2.57. The van der Waals surface area contributed by atoms with Gasteiger partial charge in [0.2, 0.25) is 15.9 Å². The van der Waals surface area contributed by atoms with Gasteiger partial charge in [-0.3, -0.25) is 4.79 Å². The van der Waals surface area contributed by atoms with Crippen LogP contribution in [0, 0.1) is 5.92 Å². The standard InChI is InChI=1S/C11H23N3O3S/c1-11(2,14-18(3,16)17)7-13-10(15)8-4-5-9(12)6-8/h8-9,14H,4-7,12H2,1-3H3,(H,13,15). The van der Waals surface area contributed by atoms with Crippen LogP contribution in [0.15, 0.2) is 0 Å². The van der Waals surface area contributed by atoms with Crippen molar-refractivity contribution in [3.8, 4) is 0 Å². The molecule has 6 nitrogen and oxygen atoms in total. The van der Waals surface area contributed by atoms with Gasteiger partial charge < -0.3 is 11.1 Å². The second kappa shape index (κ2) is 5.54. The molecule has 0 aromatic rings. The monoisotopic (exact) mass is 277 g/mol. The van der Waals surface area contributed by atoms with E-state index >= 15 is 0 Å². The highest BCUT2D eigenvalue weighted by Crippen LogP contribution is 2.24. The highest BCUT2D eigenvalue weighted by atomic mass is 32.2. The van der Waals surface area contributed by atoms with Crippen molar-refractivity contribution in [2.75, 3.05) is 12.8 Å². The molecule has 1 aliphatic carbocycles. The van der Waals surface area contributed by atoms with Crippen LogP contribution < -0.4 is 15.8 Å². The molecule has 1 saturated carbocycles. The number of rotatable bonds is 5. The first-order chi connectivity index (χ1) is 8.09. The van der Waals surface area contributed by atoms with Crippen molar-refractivity contribution in [2.45, 2.75) is 44.7 Å². The molecule has 0 bridgehead atoms. The molecule has 2 atom stereocenters. The lowest BCUT2D eigenvalue weighted by Gasteiger charge is -2.26. The summed E-state index contributed by atoms with van der Waals surface area (Å²) in [4.78, 5) is 11.9. The Kier molecular flexibility index (Phi) is 4.74. The summed E-state index contributed by atoms with van der Waals surface area (Å²) in [5, 5.41) is 2.79. The highest BCUT2D eigenvalue weighted by Gasteiger charge is 2.29. The quantitative estimate of drug-likeness (QED) is 0.634. The molecule has 1 aliphatic rings. The number of carbonyl (C=O) groups is 1. The summed E-state index contributed by atoms with van der Waals surface area (Å²) in [6.45, 7) is 3.73. The van der Waals surface area contributed by atoms with E-state index in [1.54, 1.807) is 13.8 Å². The van der Waals surface area contributed by atoms with E-state index in [-0.39, 0.29) is 24.4 Å². The van der Waals surface area contributed by atoms with Crippen molar-refractivity contribution in [3.05, 3.63) is 0 Å². The predicted molar refractivity (Wildman–Crippen MR) is 70.4 cm³/mol. The van der Waals surface area contributed by atoms with Crippen molar-refractivity contribution in [2.24, 2.45) is 11.7 Å². The lowest BCUT2D eigenvalue weighted by molar-refractivity contribution is -0.125. The second-order valence-corrected chi connectivity index (χ2v) is 7.49. The summed E-state index contributed by atoms with van der Waals surface area (Å²) in [7, 11) is -3.28. The van der Waals surface area contributed by atoms with Gasteiger partial charge >= 0.3 is 0 Å². The fraction of sp³-hybridized carbons (Fsp3) is 0.909. The smallest absolute Gasteiger partial charge is 0.223 e. The fourth-order valence-electron chi connectivity index (χ4n) is 2.24. The Hall–Kier alpha value is -0.660. The van der Waals surface area contributed by atoms with Gasteiger partial charge in [0.1, 0.15) is 0 Å². The van der Waals surface area contributed by atoms with Gasteiger partial charge in [-0.2, -0.15) is 0 Å². The van der Waals surface area contributed by atoms with Crippen LogP contribution in [0.4, 0.5) is 0 Å². The molecule has 0 aromatic heterocycles. The number of hydrogen-bond donors (Lipinski definition) is 3. The Bertz CT molecular complexity index is 406. The maximum Gasteiger partial charge on any atom is 0.223 e. The third-order valence-electron chi connectivity index (χ3n) is 3.01. The first kappa shape index (κ1) is 15.4. The maximum atomic E-state index is 11.9.